The van der Waals surface area contributed by atoms with Gasteiger partial charge in [0.1, 0.15) is 0 Å². The smallest absolute Gasteiger partial charge is 0.223 e. The van der Waals surface area contributed by atoms with E-state index in [-0.39, 0.29) is 16.7 Å². The van der Waals surface area contributed by atoms with Gasteiger partial charge in [0.2, 0.25) is 5.91 Å². The Morgan fingerprint density at radius 1 is 1.11 bits per heavy atom. The topological polar surface area (TPSA) is 43.1 Å². The second kappa shape index (κ2) is 2.74. The fourth-order valence-corrected chi connectivity index (χ4v) is 6.50. The van der Waals surface area contributed by atoms with Crippen molar-refractivity contribution in [2.24, 2.45) is 28.4 Å². The van der Waals surface area contributed by atoms with Gasteiger partial charge in [-0.15, -0.1) is 0 Å². The Bertz CT molecular complexity index is 591. The summed E-state index contributed by atoms with van der Waals surface area (Å²) in [6.07, 6.45) is 5.99. The minimum atomic E-state index is -0.156. The lowest BCUT2D eigenvalue weighted by Gasteiger charge is -2.33. The summed E-state index contributed by atoms with van der Waals surface area (Å²) < 4.78 is 0. The number of carbonyl (C=O) groups excluding carboxylic acids is 1. The van der Waals surface area contributed by atoms with E-state index >= 15 is 0 Å². The van der Waals surface area contributed by atoms with E-state index in [0.717, 1.165) is 18.8 Å². The van der Waals surface area contributed by atoms with Crippen LogP contribution in [0.5, 0.6) is 0 Å². The Morgan fingerprint density at radius 3 is 2.42 bits per heavy atom. The first-order valence-electron chi connectivity index (χ1n) is 7.50. The van der Waals surface area contributed by atoms with E-state index in [2.05, 4.69) is 30.3 Å². The summed E-state index contributed by atoms with van der Waals surface area (Å²) in [5, 5.41) is 0. The van der Waals surface area contributed by atoms with Crippen LogP contribution in [-0.2, 0) is 10.2 Å². The van der Waals surface area contributed by atoms with E-state index in [1.165, 1.54) is 24.8 Å². The Labute approximate surface area is 113 Å². The largest absolute Gasteiger partial charge is 0.369 e. The van der Waals surface area contributed by atoms with Gasteiger partial charge < -0.3 is 5.73 Å². The standard InChI is InChI=1S/C17H19NO/c18-14(19)17-9-12-15(6-7-15)13(17)8-16(12,10-17)11-4-2-1-3-5-11/h1-5,12-13H,6-10H2,(H2,18,19). The van der Waals surface area contributed by atoms with Crippen molar-refractivity contribution in [2.75, 3.05) is 0 Å². The zero-order valence-electron chi connectivity index (χ0n) is 11.1. The van der Waals surface area contributed by atoms with Crippen molar-refractivity contribution in [3.8, 4) is 0 Å². The van der Waals surface area contributed by atoms with Crippen molar-refractivity contribution >= 4 is 5.91 Å². The molecule has 2 nitrogen and oxygen atoms in total. The van der Waals surface area contributed by atoms with Gasteiger partial charge in [-0.3, -0.25) is 4.79 Å². The van der Waals surface area contributed by atoms with E-state index in [1.54, 1.807) is 0 Å². The first kappa shape index (κ1) is 10.5. The van der Waals surface area contributed by atoms with Crippen molar-refractivity contribution < 1.29 is 4.79 Å². The summed E-state index contributed by atoms with van der Waals surface area (Å²) in [5.41, 5.74) is 7.92. The lowest BCUT2D eigenvalue weighted by molar-refractivity contribution is -0.129. The highest BCUT2D eigenvalue weighted by Gasteiger charge is 2.84. The van der Waals surface area contributed by atoms with Crippen molar-refractivity contribution in [3.63, 3.8) is 0 Å². The molecule has 1 amide bonds. The van der Waals surface area contributed by atoms with E-state index in [0.29, 0.717) is 11.3 Å². The SMILES string of the molecule is NC(=O)C12CC3C(c4ccccc4)(CC1C31CC1)C2. The molecule has 4 bridgehead atoms. The summed E-state index contributed by atoms with van der Waals surface area (Å²) in [6.45, 7) is 0. The number of hydrogen-bond acceptors (Lipinski definition) is 1. The van der Waals surface area contributed by atoms with Crippen LogP contribution in [-0.4, -0.2) is 5.91 Å². The van der Waals surface area contributed by atoms with Crippen molar-refractivity contribution in [3.05, 3.63) is 35.9 Å². The van der Waals surface area contributed by atoms with Gasteiger partial charge in [-0.05, 0) is 54.9 Å². The van der Waals surface area contributed by atoms with Crippen LogP contribution in [0.25, 0.3) is 0 Å². The maximum absolute atomic E-state index is 12.1. The van der Waals surface area contributed by atoms with Crippen LogP contribution in [0.3, 0.4) is 0 Å². The fraction of sp³-hybridized carbons (Fsp3) is 0.588. The van der Waals surface area contributed by atoms with Crippen LogP contribution >= 0.6 is 0 Å². The zero-order chi connectivity index (χ0) is 12.9. The molecule has 1 aromatic rings. The monoisotopic (exact) mass is 253 g/mol. The fourth-order valence-electron chi connectivity index (χ4n) is 6.50. The number of rotatable bonds is 2. The van der Waals surface area contributed by atoms with Crippen molar-refractivity contribution in [2.45, 2.75) is 37.5 Å². The molecule has 0 aliphatic heterocycles. The first-order valence-corrected chi connectivity index (χ1v) is 7.50. The van der Waals surface area contributed by atoms with E-state index < -0.39 is 0 Å². The highest BCUT2D eigenvalue weighted by molar-refractivity contribution is 5.84. The first-order chi connectivity index (χ1) is 9.14. The van der Waals surface area contributed by atoms with Gasteiger partial charge in [0.05, 0.1) is 5.41 Å². The van der Waals surface area contributed by atoms with Crippen LogP contribution in [0.1, 0.15) is 37.7 Å². The van der Waals surface area contributed by atoms with Gasteiger partial charge in [-0.1, -0.05) is 30.3 Å². The number of amides is 1. The predicted octanol–water partition coefficient (Wildman–Crippen LogP) is 2.62. The number of benzene rings is 1. The molecule has 1 spiro atoms. The quantitative estimate of drug-likeness (QED) is 0.865. The Hall–Kier alpha value is -1.31. The summed E-state index contributed by atoms with van der Waals surface area (Å²) in [4.78, 5) is 12.1. The number of primary amides is 1. The molecule has 5 saturated carbocycles. The van der Waals surface area contributed by atoms with E-state index in [4.69, 9.17) is 5.73 Å². The average molecular weight is 253 g/mol. The lowest BCUT2D eigenvalue weighted by Crippen LogP contribution is -2.39. The van der Waals surface area contributed by atoms with E-state index in [9.17, 15) is 4.79 Å². The predicted molar refractivity (Wildman–Crippen MR) is 72.2 cm³/mol. The van der Waals surface area contributed by atoms with Gasteiger partial charge in [-0.25, -0.2) is 0 Å². The van der Waals surface area contributed by atoms with Crippen LogP contribution in [0.2, 0.25) is 0 Å². The van der Waals surface area contributed by atoms with E-state index in [1.807, 2.05) is 0 Å². The molecule has 2 N–H and O–H groups in total. The average Bonchev–Trinajstić information content (AvgIpc) is 2.82. The van der Waals surface area contributed by atoms with Gasteiger partial charge in [0.15, 0.2) is 0 Å². The number of hydrogen-bond donors (Lipinski definition) is 1. The molecular formula is C17H19NO. The molecule has 0 saturated heterocycles. The Balaban J connectivity index is 1.71. The highest BCUT2D eigenvalue weighted by Crippen LogP contribution is 2.88. The molecule has 0 heterocycles. The zero-order valence-corrected chi connectivity index (χ0v) is 11.1. The third-order valence-corrected chi connectivity index (χ3v) is 7.16. The van der Waals surface area contributed by atoms with Crippen LogP contribution in [0.15, 0.2) is 30.3 Å². The molecular weight excluding hydrogens is 234 g/mol. The maximum atomic E-state index is 12.1. The highest BCUT2D eigenvalue weighted by atomic mass is 16.1. The summed E-state index contributed by atoms with van der Waals surface area (Å²) in [7, 11) is 0. The Kier molecular flexibility index (Phi) is 1.51. The molecule has 5 aliphatic rings. The summed E-state index contributed by atoms with van der Waals surface area (Å²) in [6, 6.07) is 10.9. The molecule has 5 fully saturated rings. The molecule has 2 heteroatoms. The number of carbonyl (C=O) groups is 1. The minimum absolute atomic E-state index is 0.0124. The maximum Gasteiger partial charge on any atom is 0.223 e. The molecule has 5 aliphatic carbocycles. The van der Waals surface area contributed by atoms with Crippen molar-refractivity contribution in [1.82, 2.24) is 0 Å². The number of nitrogens with two attached hydrogens (primary N) is 1. The molecule has 4 unspecified atom stereocenters. The van der Waals surface area contributed by atoms with Gasteiger partial charge in [0.25, 0.3) is 0 Å². The second-order valence-corrected chi connectivity index (χ2v) is 7.47. The van der Waals surface area contributed by atoms with Crippen LogP contribution in [0.4, 0.5) is 0 Å². The van der Waals surface area contributed by atoms with Crippen LogP contribution in [0, 0.1) is 22.7 Å². The lowest BCUT2D eigenvalue weighted by atomic mass is 9.70. The summed E-state index contributed by atoms with van der Waals surface area (Å²) in [5.74, 6) is 1.30. The van der Waals surface area contributed by atoms with Crippen molar-refractivity contribution in [1.29, 1.82) is 0 Å². The normalized spacial score (nSPS) is 47.2. The minimum Gasteiger partial charge on any atom is -0.369 e. The third-order valence-electron chi connectivity index (χ3n) is 7.16. The molecule has 4 atom stereocenters. The van der Waals surface area contributed by atoms with Gasteiger partial charge in [0, 0.05) is 5.41 Å². The Morgan fingerprint density at radius 2 is 1.84 bits per heavy atom. The van der Waals surface area contributed by atoms with Gasteiger partial charge in [-0.2, -0.15) is 0 Å². The molecule has 19 heavy (non-hydrogen) atoms. The molecule has 1 aromatic carbocycles. The molecule has 0 radical (unpaired) electrons. The van der Waals surface area contributed by atoms with Crippen LogP contribution < -0.4 is 5.73 Å². The molecule has 6 rings (SSSR count). The third kappa shape index (κ3) is 0.888. The summed E-state index contributed by atoms with van der Waals surface area (Å²) >= 11 is 0. The van der Waals surface area contributed by atoms with Gasteiger partial charge >= 0.3 is 0 Å². The second-order valence-electron chi connectivity index (χ2n) is 7.47. The molecule has 98 valence electrons. The molecule has 0 aromatic heterocycles.